The number of anilines is 2. The van der Waals surface area contributed by atoms with Crippen molar-refractivity contribution in [1.29, 1.82) is 0 Å². The van der Waals surface area contributed by atoms with Crippen LogP contribution in [0.2, 0.25) is 5.02 Å². The smallest absolute Gasteiger partial charge is 0.175 e. The minimum Gasteiger partial charge on any atom is -0.332 e. The maximum Gasteiger partial charge on any atom is 0.175 e. The second-order valence-electron chi connectivity index (χ2n) is 5.95. The van der Waals surface area contributed by atoms with Gasteiger partial charge in [0.15, 0.2) is 5.11 Å². The van der Waals surface area contributed by atoms with Gasteiger partial charge in [0, 0.05) is 17.6 Å². The molecule has 2 N–H and O–H groups in total. The summed E-state index contributed by atoms with van der Waals surface area (Å²) in [7, 11) is 0. The van der Waals surface area contributed by atoms with Crippen molar-refractivity contribution < 1.29 is 0 Å². The lowest BCUT2D eigenvalue weighted by molar-refractivity contribution is 0.687. The summed E-state index contributed by atoms with van der Waals surface area (Å²) < 4.78 is 1.80. The van der Waals surface area contributed by atoms with Gasteiger partial charge in [0.25, 0.3) is 0 Å². The second kappa shape index (κ2) is 7.68. The number of aryl methyl sites for hydroxylation is 2. The average molecular weight is 371 g/mol. The fraction of sp³-hybridized carbons (Fsp3) is 0.158. The van der Waals surface area contributed by atoms with Crippen molar-refractivity contribution in [2.45, 2.75) is 20.4 Å². The minimum atomic E-state index is 0.563. The van der Waals surface area contributed by atoms with Gasteiger partial charge < -0.3 is 10.6 Å². The van der Waals surface area contributed by atoms with Crippen LogP contribution in [0.25, 0.3) is 0 Å². The third-order valence-electron chi connectivity index (χ3n) is 3.77. The maximum atomic E-state index is 5.91. The Kier molecular flexibility index (Phi) is 5.36. The number of rotatable bonds is 4. The Labute approximate surface area is 157 Å². The van der Waals surface area contributed by atoms with Crippen LogP contribution in [0.15, 0.2) is 54.9 Å². The van der Waals surface area contributed by atoms with Crippen molar-refractivity contribution in [1.82, 2.24) is 9.78 Å². The monoisotopic (exact) mass is 370 g/mol. The molecule has 2 aromatic carbocycles. The topological polar surface area (TPSA) is 41.9 Å². The molecule has 0 saturated carbocycles. The van der Waals surface area contributed by atoms with Gasteiger partial charge in [0.05, 0.1) is 17.8 Å². The van der Waals surface area contributed by atoms with E-state index < -0.39 is 0 Å². The van der Waals surface area contributed by atoms with Crippen LogP contribution in [0.4, 0.5) is 11.4 Å². The molecular weight excluding hydrogens is 352 g/mol. The molecule has 0 saturated heterocycles. The van der Waals surface area contributed by atoms with E-state index in [2.05, 4.69) is 47.8 Å². The number of nitrogens with zero attached hydrogens (tertiary/aromatic N) is 2. The Morgan fingerprint density at radius 2 is 2.00 bits per heavy atom. The fourth-order valence-corrected chi connectivity index (χ4v) is 2.90. The van der Waals surface area contributed by atoms with Gasteiger partial charge in [0.2, 0.25) is 0 Å². The highest BCUT2D eigenvalue weighted by atomic mass is 35.5. The molecule has 1 heterocycles. The molecular formula is C19H19ClN4S. The number of hydrogen-bond donors (Lipinski definition) is 2. The molecule has 1 aromatic heterocycles. The molecule has 6 heteroatoms. The van der Waals surface area contributed by atoms with Crippen molar-refractivity contribution in [2.24, 2.45) is 0 Å². The number of thiocarbonyl (C=S) groups is 1. The average Bonchev–Trinajstić information content (AvgIpc) is 2.96. The van der Waals surface area contributed by atoms with Gasteiger partial charge >= 0.3 is 0 Å². The van der Waals surface area contributed by atoms with Crippen molar-refractivity contribution in [2.75, 3.05) is 10.6 Å². The molecule has 25 heavy (non-hydrogen) atoms. The Hall–Kier alpha value is -2.37. The Balaban J connectivity index is 1.67. The third-order valence-corrected chi connectivity index (χ3v) is 4.17. The third kappa shape index (κ3) is 4.81. The first kappa shape index (κ1) is 17.5. The zero-order chi connectivity index (χ0) is 17.8. The van der Waals surface area contributed by atoms with E-state index in [-0.39, 0.29) is 0 Å². The molecule has 0 aliphatic heterocycles. The number of nitrogens with one attached hydrogen (secondary N) is 2. The molecule has 0 atom stereocenters. The van der Waals surface area contributed by atoms with Crippen LogP contribution in [-0.4, -0.2) is 14.9 Å². The lowest BCUT2D eigenvalue weighted by Gasteiger charge is -2.14. The van der Waals surface area contributed by atoms with Crippen LogP contribution < -0.4 is 10.6 Å². The molecule has 4 nitrogen and oxygen atoms in total. The summed E-state index contributed by atoms with van der Waals surface area (Å²) in [5, 5.41) is 11.9. The van der Waals surface area contributed by atoms with Crippen LogP contribution in [-0.2, 0) is 6.54 Å². The molecule has 0 aliphatic carbocycles. The SMILES string of the molecule is Cc1ccc(C)c(NC(=S)Nc2cccc(Cn3cc(Cl)cn3)c2)c1. The van der Waals surface area contributed by atoms with Crippen molar-refractivity contribution >= 4 is 40.3 Å². The van der Waals surface area contributed by atoms with Gasteiger partial charge in [-0.15, -0.1) is 0 Å². The van der Waals surface area contributed by atoms with Gasteiger partial charge in [-0.3, -0.25) is 4.68 Å². The number of benzene rings is 2. The van der Waals surface area contributed by atoms with Crippen molar-refractivity contribution in [3.63, 3.8) is 0 Å². The zero-order valence-electron chi connectivity index (χ0n) is 14.1. The highest BCUT2D eigenvalue weighted by molar-refractivity contribution is 7.80. The molecule has 0 fully saturated rings. The quantitative estimate of drug-likeness (QED) is 0.633. The molecule has 0 bridgehead atoms. The lowest BCUT2D eigenvalue weighted by Crippen LogP contribution is -2.19. The lowest BCUT2D eigenvalue weighted by atomic mass is 10.1. The first-order chi connectivity index (χ1) is 12.0. The first-order valence-corrected chi connectivity index (χ1v) is 8.70. The normalized spacial score (nSPS) is 10.5. The van der Waals surface area contributed by atoms with Gasteiger partial charge in [-0.1, -0.05) is 35.9 Å². The summed E-state index contributed by atoms with van der Waals surface area (Å²) in [5.74, 6) is 0. The second-order valence-corrected chi connectivity index (χ2v) is 6.80. The maximum absolute atomic E-state index is 5.91. The van der Waals surface area contributed by atoms with Gasteiger partial charge in [-0.2, -0.15) is 5.10 Å². The van der Waals surface area contributed by atoms with Gasteiger partial charge in [-0.25, -0.2) is 0 Å². The highest BCUT2D eigenvalue weighted by Gasteiger charge is 2.04. The summed E-state index contributed by atoms with van der Waals surface area (Å²) in [6.07, 6.45) is 3.43. The van der Waals surface area contributed by atoms with E-state index in [1.807, 2.05) is 24.3 Å². The van der Waals surface area contributed by atoms with Gasteiger partial charge in [-0.05, 0) is 61.0 Å². The summed E-state index contributed by atoms with van der Waals surface area (Å²) >= 11 is 11.3. The van der Waals surface area contributed by atoms with Gasteiger partial charge in [0.1, 0.15) is 0 Å². The summed E-state index contributed by atoms with van der Waals surface area (Å²) in [5.41, 5.74) is 5.40. The molecule has 3 rings (SSSR count). The largest absolute Gasteiger partial charge is 0.332 e. The predicted molar refractivity (Wildman–Crippen MR) is 109 cm³/mol. The van der Waals surface area contributed by atoms with Crippen molar-refractivity contribution in [3.8, 4) is 0 Å². The van der Waals surface area contributed by atoms with Crippen LogP contribution in [0.1, 0.15) is 16.7 Å². The predicted octanol–water partition coefficient (Wildman–Crippen LogP) is 5.01. The molecule has 128 valence electrons. The Morgan fingerprint density at radius 1 is 1.16 bits per heavy atom. The Morgan fingerprint density at radius 3 is 2.76 bits per heavy atom. The first-order valence-electron chi connectivity index (χ1n) is 7.92. The molecule has 3 aromatic rings. The number of halogens is 1. The van der Waals surface area contributed by atoms with E-state index in [0.717, 1.165) is 22.5 Å². The summed E-state index contributed by atoms with van der Waals surface area (Å²) in [6.45, 7) is 4.77. The van der Waals surface area contributed by atoms with E-state index in [9.17, 15) is 0 Å². The number of aromatic nitrogens is 2. The number of hydrogen-bond acceptors (Lipinski definition) is 2. The van der Waals surface area contributed by atoms with E-state index in [0.29, 0.717) is 16.7 Å². The zero-order valence-corrected chi connectivity index (χ0v) is 15.7. The van der Waals surface area contributed by atoms with Crippen LogP contribution >= 0.6 is 23.8 Å². The molecule has 0 aliphatic rings. The standard InChI is InChI=1S/C19H19ClN4S/c1-13-6-7-14(2)18(8-13)23-19(25)22-17-5-3-4-15(9-17)11-24-12-16(20)10-21-24/h3-10,12H,11H2,1-2H3,(H2,22,23,25). The fourth-order valence-electron chi connectivity index (χ4n) is 2.51. The summed E-state index contributed by atoms with van der Waals surface area (Å²) in [6, 6.07) is 14.3. The minimum absolute atomic E-state index is 0.563. The van der Waals surface area contributed by atoms with E-state index >= 15 is 0 Å². The van der Waals surface area contributed by atoms with Crippen LogP contribution in [0.5, 0.6) is 0 Å². The van der Waals surface area contributed by atoms with E-state index in [1.54, 1.807) is 17.1 Å². The van der Waals surface area contributed by atoms with E-state index in [4.69, 9.17) is 23.8 Å². The Bertz CT molecular complexity index is 904. The molecule has 0 amide bonds. The van der Waals surface area contributed by atoms with Crippen molar-refractivity contribution in [3.05, 3.63) is 76.6 Å². The summed E-state index contributed by atoms with van der Waals surface area (Å²) in [4.78, 5) is 0. The highest BCUT2D eigenvalue weighted by Crippen LogP contribution is 2.18. The van der Waals surface area contributed by atoms with Crippen LogP contribution in [0.3, 0.4) is 0 Å². The molecule has 0 unspecified atom stereocenters. The molecule has 0 spiro atoms. The van der Waals surface area contributed by atoms with Crippen LogP contribution in [0, 0.1) is 13.8 Å². The van der Waals surface area contributed by atoms with E-state index in [1.165, 1.54) is 5.56 Å². The molecule has 0 radical (unpaired) electrons.